The Bertz CT molecular complexity index is 1020. The van der Waals surface area contributed by atoms with Gasteiger partial charge >= 0.3 is 0 Å². The molecule has 2 aromatic carbocycles. The van der Waals surface area contributed by atoms with Crippen molar-refractivity contribution in [3.05, 3.63) is 64.5 Å². The molecule has 0 spiro atoms. The minimum Gasteiger partial charge on any atom is -0.302 e. The lowest BCUT2D eigenvalue weighted by Crippen LogP contribution is -2.01. The van der Waals surface area contributed by atoms with Crippen LogP contribution in [-0.2, 0) is 12.3 Å². The highest BCUT2D eigenvalue weighted by atomic mass is 35.5. The van der Waals surface area contributed by atoms with Crippen molar-refractivity contribution in [3.63, 3.8) is 0 Å². The highest BCUT2D eigenvalue weighted by Crippen LogP contribution is 2.35. The van der Waals surface area contributed by atoms with Gasteiger partial charge < -0.3 is 4.57 Å². The van der Waals surface area contributed by atoms with E-state index in [9.17, 15) is 0 Å². The number of halogens is 1. The van der Waals surface area contributed by atoms with E-state index in [1.807, 2.05) is 12.1 Å². The Hall–Kier alpha value is -1.82. The molecule has 0 amide bonds. The topological polar surface area (TPSA) is 30.7 Å². The van der Waals surface area contributed by atoms with Gasteiger partial charge in [-0.3, -0.25) is 0 Å². The SMILES string of the molecule is CCCn1c(SCc2ccc(Cl)cc2)nnc1-c1csc2ccccc12. The van der Waals surface area contributed by atoms with Crippen LogP contribution in [0.3, 0.4) is 0 Å². The monoisotopic (exact) mass is 399 g/mol. The number of rotatable bonds is 6. The van der Waals surface area contributed by atoms with Crippen LogP contribution in [-0.4, -0.2) is 14.8 Å². The van der Waals surface area contributed by atoms with E-state index in [0.29, 0.717) is 0 Å². The lowest BCUT2D eigenvalue weighted by atomic mass is 10.1. The van der Waals surface area contributed by atoms with Gasteiger partial charge in [-0.2, -0.15) is 0 Å². The first-order valence-electron chi connectivity index (χ1n) is 8.53. The van der Waals surface area contributed by atoms with Crippen LogP contribution in [0.25, 0.3) is 21.5 Å². The van der Waals surface area contributed by atoms with Gasteiger partial charge in [-0.05, 0) is 30.2 Å². The molecule has 4 aromatic rings. The van der Waals surface area contributed by atoms with Crippen molar-refractivity contribution in [2.45, 2.75) is 30.8 Å². The van der Waals surface area contributed by atoms with Crippen LogP contribution in [0.1, 0.15) is 18.9 Å². The Morgan fingerprint density at radius 2 is 1.88 bits per heavy atom. The normalized spacial score (nSPS) is 11.3. The van der Waals surface area contributed by atoms with Gasteiger partial charge in [0.25, 0.3) is 0 Å². The highest BCUT2D eigenvalue weighted by Gasteiger charge is 2.17. The number of nitrogens with zero attached hydrogens (tertiary/aromatic N) is 3. The maximum absolute atomic E-state index is 5.97. The predicted octanol–water partition coefficient (Wildman–Crippen LogP) is 6.52. The molecule has 0 aliphatic carbocycles. The van der Waals surface area contributed by atoms with Crippen molar-refractivity contribution < 1.29 is 0 Å². The molecule has 0 radical (unpaired) electrons. The summed E-state index contributed by atoms with van der Waals surface area (Å²) >= 11 is 9.45. The van der Waals surface area contributed by atoms with Crippen LogP contribution >= 0.6 is 34.7 Å². The molecule has 0 fully saturated rings. The maximum Gasteiger partial charge on any atom is 0.191 e. The van der Waals surface area contributed by atoms with Crippen molar-refractivity contribution in [1.82, 2.24) is 14.8 Å². The summed E-state index contributed by atoms with van der Waals surface area (Å²) in [6, 6.07) is 16.4. The maximum atomic E-state index is 5.97. The zero-order valence-corrected chi connectivity index (χ0v) is 16.7. The van der Waals surface area contributed by atoms with Crippen molar-refractivity contribution in [2.24, 2.45) is 0 Å². The van der Waals surface area contributed by atoms with Crippen molar-refractivity contribution >= 4 is 44.8 Å². The Kier molecular flexibility index (Phi) is 5.29. The number of hydrogen-bond acceptors (Lipinski definition) is 4. The third kappa shape index (κ3) is 3.52. The number of thioether (sulfide) groups is 1. The summed E-state index contributed by atoms with van der Waals surface area (Å²) in [4.78, 5) is 0. The average Bonchev–Trinajstić information content (AvgIpc) is 3.25. The first-order valence-corrected chi connectivity index (χ1v) is 10.8. The summed E-state index contributed by atoms with van der Waals surface area (Å²) < 4.78 is 3.53. The van der Waals surface area contributed by atoms with Crippen molar-refractivity contribution in [3.8, 4) is 11.4 Å². The molecule has 0 bridgehead atoms. The smallest absolute Gasteiger partial charge is 0.191 e. The molecular formula is C20H18ClN3S2. The first-order chi connectivity index (χ1) is 12.8. The Morgan fingerprint density at radius 1 is 1.08 bits per heavy atom. The van der Waals surface area contributed by atoms with Crippen LogP contribution in [0.15, 0.2) is 59.1 Å². The fraction of sp³-hybridized carbons (Fsp3) is 0.200. The molecule has 0 saturated carbocycles. The minimum absolute atomic E-state index is 0.763. The number of benzene rings is 2. The average molecular weight is 400 g/mol. The van der Waals surface area contributed by atoms with Crippen molar-refractivity contribution in [2.75, 3.05) is 0 Å². The van der Waals surface area contributed by atoms with Crippen LogP contribution in [0.2, 0.25) is 5.02 Å². The van der Waals surface area contributed by atoms with E-state index < -0.39 is 0 Å². The van der Waals surface area contributed by atoms with Gasteiger partial charge in [0, 0.05) is 38.3 Å². The zero-order valence-electron chi connectivity index (χ0n) is 14.4. The standard InChI is InChI=1S/C20H18ClN3S2/c1-2-11-24-19(17-13-25-18-6-4-3-5-16(17)18)22-23-20(24)26-12-14-7-9-15(21)10-8-14/h3-10,13H,2,11-12H2,1H3. The first kappa shape index (κ1) is 17.6. The molecule has 0 N–H and O–H groups in total. The van der Waals surface area contributed by atoms with E-state index in [-0.39, 0.29) is 0 Å². The van der Waals surface area contributed by atoms with E-state index in [1.54, 1.807) is 23.1 Å². The second kappa shape index (κ2) is 7.82. The summed E-state index contributed by atoms with van der Waals surface area (Å²) in [7, 11) is 0. The van der Waals surface area contributed by atoms with Crippen LogP contribution < -0.4 is 0 Å². The highest BCUT2D eigenvalue weighted by molar-refractivity contribution is 7.98. The second-order valence-electron chi connectivity index (χ2n) is 6.02. The number of thiophene rings is 1. The summed E-state index contributed by atoms with van der Waals surface area (Å²) in [6.45, 7) is 3.10. The molecule has 0 aliphatic heterocycles. The molecule has 0 unspecified atom stereocenters. The molecule has 6 heteroatoms. The number of fused-ring (bicyclic) bond motifs is 1. The van der Waals surface area contributed by atoms with E-state index in [4.69, 9.17) is 11.6 Å². The largest absolute Gasteiger partial charge is 0.302 e. The lowest BCUT2D eigenvalue weighted by molar-refractivity contribution is 0.626. The minimum atomic E-state index is 0.763. The van der Waals surface area contributed by atoms with Gasteiger partial charge in [-0.15, -0.1) is 21.5 Å². The fourth-order valence-corrected chi connectivity index (χ4v) is 4.89. The lowest BCUT2D eigenvalue weighted by Gasteiger charge is -2.08. The fourth-order valence-electron chi connectivity index (χ4n) is 2.90. The quantitative estimate of drug-likeness (QED) is 0.346. The van der Waals surface area contributed by atoms with Crippen LogP contribution in [0.4, 0.5) is 0 Å². The Morgan fingerprint density at radius 3 is 2.69 bits per heavy atom. The molecule has 0 saturated heterocycles. The van der Waals surface area contributed by atoms with E-state index in [2.05, 4.69) is 63.5 Å². The van der Waals surface area contributed by atoms with Gasteiger partial charge in [0.15, 0.2) is 11.0 Å². The molecule has 4 rings (SSSR count). The van der Waals surface area contributed by atoms with Crippen molar-refractivity contribution in [1.29, 1.82) is 0 Å². The Labute approximate surface area is 166 Å². The molecular weight excluding hydrogens is 382 g/mol. The predicted molar refractivity (Wildman–Crippen MR) is 112 cm³/mol. The van der Waals surface area contributed by atoms with Gasteiger partial charge in [-0.1, -0.05) is 60.6 Å². The number of aromatic nitrogens is 3. The Balaban J connectivity index is 1.65. The van der Waals surface area contributed by atoms with Gasteiger partial charge in [-0.25, -0.2) is 0 Å². The summed E-state index contributed by atoms with van der Waals surface area (Å²) in [5.74, 6) is 1.81. The third-order valence-corrected chi connectivity index (χ3v) is 6.42. The van der Waals surface area contributed by atoms with Gasteiger partial charge in [0.1, 0.15) is 0 Å². The van der Waals surface area contributed by atoms with Gasteiger partial charge in [0.05, 0.1) is 0 Å². The molecule has 26 heavy (non-hydrogen) atoms. The molecule has 2 aromatic heterocycles. The molecule has 0 atom stereocenters. The molecule has 132 valence electrons. The summed E-state index contributed by atoms with van der Waals surface area (Å²) in [5.41, 5.74) is 2.40. The number of hydrogen-bond donors (Lipinski definition) is 0. The molecule has 2 heterocycles. The van der Waals surface area contributed by atoms with E-state index in [1.165, 1.54) is 21.2 Å². The van der Waals surface area contributed by atoms with E-state index >= 15 is 0 Å². The van der Waals surface area contributed by atoms with Crippen LogP contribution in [0, 0.1) is 0 Å². The molecule has 0 aliphatic rings. The molecule has 3 nitrogen and oxygen atoms in total. The third-order valence-electron chi connectivity index (χ3n) is 4.17. The summed E-state index contributed by atoms with van der Waals surface area (Å²) in [6.07, 6.45) is 1.04. The second-order valence-corrected chi connectivity index (χ2v) is 8.31. The summed E-state index contributed by atoms with van der Waals surface area (Å²) in [5, 5.41) is 14.2. The van der Waals surface area contributed by atoms with Crippen LogP contribution in [0.5, 0.6) is 0 Å². The zero-order chi connectivity index (χ0) is 17.9. The van der Waals surface area contributed by atoms with E-state index in [0.717, 1.165) is 34.7 Å². The van der Waals surface area contributed by atoms with Gasteiger partial charge in [0.2, 0.25) is 0 Å².